The third-order valence-corrected chi connectivity index (χ3v) is 3.17. The number of rotatable bonds is 3. The normalized spacial score (nSPS) is 12.1. The van der Waals surface area contributed by atoms with Crippen LogP contribution in [0.3, 0.4) is 0 Å². The van der Waals surface area contributed by atoms with E-state index in [1.807, 2.05) is 0 Å². The van der Waals surface area contributed by atoms with Crippen LogP contribution < -0.4 is 14.0 Å². The van der Waals surface area contributed by atoms with Crippen LogP contribution in [-0.4, -0.2) is 34.1 Å². The van der Waals surface area contributed by atoms with Gasteiger partial charge in [0.05, 0.1) is 0 Å². The number of hydrogen-bond donors (Lipinski definition) is 1. The first kappa shape index (κ1) is 16.4. The van der Waals surface area contributed by atoms with Gasteiger partial charge in [0.2, 0.25) is 0 Å². The first-order chi connectivity index (χ1) is 8.92. The van der Waals surface area contributed by atoms with Gasteiger partial charge in [-0.15, -0.1) is 8.42 Å². The largest absolute Gasteiger partial charge is 0.452 e. The van der Waals surface area contributed by atoms with Gasteiger partial charge >= 0.3 is 21.9 Å². The Kier molecular flexibility index (Phi) is 4.40. The minimum absolute atomic E-state index is 0.145. The number of esters is 1. The third kappa shape index (κ3) is 4.17. The molecule has 7 nitrogen and oxygen atoms in total. The molecule has 0 aromatic carbocycles. The molecule has 0 aliphatic rings. The van der Waals surface area contributed by atoms with Gasteiger partial charge in [0, 0.05) is 31.9 Å². The van der Waals surface area contributed by atoms with Gasteiger partial charge in [-0.3, -0.25) is 0 Å². The molecule has 0 bridgehead atoms. The van der Waals surface area contributed by atoms with Crippen LogP contribution in [0.2, 0.25) is 0 Å². The Morgan fingerprint density at radius 1 is 1.35 bits per heavy atom. The fourth-order valence-corrected chi connectivity index (χ4v) is 2.09. The van der Waals surface area contributed by atoms with E-state index in [1.165, 1.54) is 18.3 Å². The number of nitrogens with two attached hydrogens (primary N) is 1. The molecule has 20 heavy (non-hydrogen) atoms. The van der Waals surface area contributed by atoms with Crippen molar-refractivity contribution in [2.45, 2.75) is 26.4 Å². The molecule has 1 rings (SSSR count). The average Bonchev–Trinajstić information content (AvgIpc) is 2.24. The molecule has 1 heterocycles. The third-order valence-electron chi connectivity index (χ3n) is 2.30. The first-order valence-corrected chi connectivity index (χ1v) is 7.42. The molecule has 0 aliphatic carbocycles. The lowest BCUT2D eigenvalue weighted by atomic mass is 10.2. The molecule has 0 atom stereocenters. The second-order valence-corrected chi connectivity index (χ2v) is 6.93. The Balaban J connectivity index is 3.40. The summed E-state index contributed by atoms with van der Waals surface area (Å²) >= 11 is 0. The number of pyridine rings is 1. The van der Waals surface area contributed by atoms with Crippen LogP contribution in [0.4, 0.5) is 5.69 Å². The zero-order valence-corrected chi connectivity index (χ0v) is 13.1. The van der Waals surface area contributed by atoms with E-state index >= 15 is 0 Å². The maximum absolute atomic E-state index is 12.1. The fraction of sp³-hybridized carbons (Fsp3) is 0.500. The first-order valence-electron chi connectivity index (χ1n) is 5.91. The zero-order valence-electron chi connectivity index (χ0n) is 12.2. The molecule has 1 aromatic rings. The van der Waals surface area contributed by atoms with Crippen molar-refractivity contribution in [1.82, 2.24) is 0 Å². The lowest BCUT2D eigenvalue weighted by Gasteiger charge is -2.19. The Labute approximate surface area is 119 Å². The molecule has 112 valence electrons. The number of carbonyl (C=O) groups excluding carboxylic acids is 1. The van der Waals surface area contributed by atoms with Gasteiger partial charge in [0.25, 0.3) is 0 Å². The zero-order chi connectivity index (χ0) is 15.7. The summed E-state index contributed by atoms with van der Waals surface area (Å²) in [6.07, 6.45) is 1.23. The average molecular weight is 302 g/mol. The van der Waals surface area contributed by atoms with Gasteiger partial charge in [-0.25, -0.2) is 4.79 Å². The van der Waals surface area contributed by atoms with E-state index in [1.54, 1.807) is 39.8 Å². The summed E-state index contributed by atoms with van der Waals surface area (Å²) in [5, 5.41) is 5.10. The summed E-state index contributed by atoms with van der Waals surface area (Å²) in [4.78, 5) is 13.9. The van der Waals surface area contributed by atoms with Gasteiger partial charge in [-0.2, -0.15) is 5.14 Å². The molecule has 0 fully saturated rings. The summed E-state index contributed by atoms with van der Waals surface area (Å²) in [5.41, 5.74) is -0.221. The van der Waals surface area contributed by atoms with Crippen molar-refractivity contribution in [2.75, 3.05) is 19.0 Å². The fourth-order valence-electron chi connectivity index (χ4n) is 1.46. The molecule has 0 radical (unpaired) electrons. The Morgan fingerprint density at radius 2 is 1.90 bits per heavy atom. The summed E-state index contributed by atoms with van der Waals surface area (Å²) in [6, 6.07) is 2.96. The molecule has 8 heteroatoms. The van der Waals surface area contributed by atoms with Crippen LogP contribution in [-0.2, 0) is 14.9 Å². The van der Waals surface area contributed by atoms with Gasteiger partial charge in [0.15, 0.2) is 6.20 Å². The van der Waals surface area contributed by atoms with E-state index in [2.05, 4.69) is 0 Å². The standard InChI is InChI=1S/C12H20N3O4S/c1-12(2,3)19-11(16)10-8-9(14(4)5)6-7-15(10)20(13,17)18/h6-8H,1-5H3,(H2,13,17,18)/q+1. The highest BCUT2D eigenvalue weighted by Gasteiger charge is 2.31. The van der Waals surface area contributed by atoms with Crippen molar-refractivity contribution in [3.63, 3.8) is 0 Å². The van der Waals surface area contributed by atoms with Crippen molar-refractivity contribution >= 4 is 21.9 Å². The van der Waals surface area contributed by atoms with Gasteiger partial charge < -0.3 is 9.64 Å². The van der Waals surface area contributed by atoms with E-state index in [9.17, 15) is 13.2 Å². The van der Waals surface area contributed by atoms with Gasteiger partial charge in [-0.1, -0.05) is 3.97 Å². The maximum Gasteiger partial charge on any atom is 0.443 e. The van der Waals surface area contributed by atoms with Crippen molar-refractivity contribution in [3.8, 4) is 0 Å². The topological polar surface area (TPSA) is 93.6 Å². The number of carbonyl (C=O) groups is 1. The summed E-state index contributed by atoms with van der Waals surface area (Å²) in [5.74, 6) is -0.754. The van der Waals surface area contributed by atoms with Crippen molar-refractivity contribution in [2.24, 2.45) is 5.14 Å². The highest BCUT2D eigenvalue weighted by Crippen LogP contribution is 2.14. The van der Waals surface area contributed by atoms with Crippen LogP contribution in [0.25, 0.3) is 0 Å². The molecular formula is C12H20N3O4S+. The van der Waals surface area contributed by atoms with E-state index in [-0.39, 0.29) is 5.69 Å². The monoisotopic (exact) mass is 302 g/mol. The predicted molar refractivity (Wildman–Crippen MR) is 74.6 cm³/mol. The SMILES string of the molecule is CN(C)c1cc[n+](S(N)(=O)=O)c(C(=O)OC(C)(C)C)c1. The van der Waals surface area contributed by atoms with Crippen LogP contribution in [0.1, 0.15) is 31.3 Å². The van der Waals surface area contributed by atoms with Crippen molar-refractivity contribution in [1.29, 1.82) is 0 Å². The van der Waals surface area contributed by atoms with Crippen molar-refractivity contribution in [3.05, 3.63) is 24.0 Å². The molecule has 2 N–H and O–H groups in total. The van der Waals surface area contributed by atoms with Crippen LogP contribution in [0.15, 0.2) is 18.3 Å². The van der Waals surface area contributed by atoms with Crippen LogP contribution in [0.5, 0.6) is 0 Å². The highest BCUT2D eigenvalue weighted by atomic mass is 32.2. The molecule has 0 amide bonds. The van der Waals surface area contributed by atoms with E-state index < -0.39 is 21.8 Å². The molecule has 0 spiro atoms. The number of anilines is 1. The maximum atomic E-state index is 12.1. The number of nitrogens with zero attached hydrogens (tertiary/aromatic N) is 2. The Bertz CT molecular complexity index is 618. The minimum Gasteiger partial charge on any atom is -0.452 e. The quantitative estimate of drug-likeness (QED) is 0.629. The second-order valence-electron chi connectivity index (χ2n) is 5.51. The smallest absolute Gasteiger partial charge is 0.443 e. The molecular weight excluding hydrogens is 282 g/mol. The molecule has 0 saturated carbocycles. The highest BCUT2D eigenvalue weighted by molar-refractivity contribution is 7.82. The lowest BCUT2D eigenvalue weighted by Crippen LogP contribution is -2.52. The van der Waals surface area contributed by atoms with Crippen LogP contribution >= 0.6 is 0 Å². The predicted octanol–water partition coefficient (Wildman–Crippen LogP) is 0.0470. The number of ether oxygens (including phenoxy) is 1. The summed E-state index contributed by atoms with van der Waals surface area (Å²) in [6.45, 7) is 5.09. The van der Waals surface area contributed by atoms with Crippen LogP contribution in [0, 0.1) is 0 Å². The molecule has 1 aromatic heterocycles. The molecule has 0 unspecified atom stereocenters. The minimum atomic E-state index is -4.08. The molecule has 0 aliphatic heterocycles. The van der Waals surface area contributed by atoms with E-state index in [0.717, 1.165) is 0 Å². The number of hydrogen-bond acceptors (Lipinski definition) is 5. The summed E-state index contributed by atoms with van der Waals surface area (Å²) in [7, 11) is -0.533. The Hall–Kier alpha value is -1.67. The van der Waals surface area contributed by atoms with Crippen molar-refractivity contribution < 1.29 is 21.9 Å². The van der Waals surface area contributed by atoms with Gasteiger partial charge in [0.1, 0.15) is 5.60 Å². The number of aromatic nitrogens is 1. The van der Waals surface area contributed by atoms with E-state index in [0.29, 0.717) is 9.66 Å². The summed E-state index contributed by atoms with van der Waals surface area (Å²) < 4.78 is 28.9. The molecule has 0 saturated heterocycles. The lowest BCUT2D eigenvalue weighted by molar-refractivity contribution is -0.515. The Morgan fingerprint density at radius 3 is 2.30 bits per heavy atom. The van der Waals surface area contributed by atoms with Gasteiger partial charge in [-0.05, 0) is 20.8 Å². The second kappa shape index (κ2) is 5.37. The van der Waals surface area contributed by atoms with E-state index in [4.69, 9.17) is 9.88 Å².